The molecule has 20 heavy (non-hydrogen) atoms. The molecule has 104 valence electrons. The number of rotatable bonds is 2. The fraction of sp³-hybridized carbons (Fsp3) is 0.375. The van der Waals surface area contributed by atoms with E-state index in [9.17, 15) is 4.79 Å². The van der Waals surface area contributed by atoms with Crippen LogP contribution in [0.4, 0.5) is 5.69 Å². The second-order valence-corrected chi connectivity index (χ2v) is 5.55. The van der Waals surface area contributed by atoms with Gasteiger partial charge in [-0.1, -0.05) is 12.5 Å². The summed E-state index contributed by atoms with van der Waals surface area (Å²) >= 11 is 0. The number of fused-ring (bicyclic) bond motifs is 1. The molecule has 1 amide bonds. The molecule has 1 aliphatic carbocycles. The molecule has 0 spiro atoms. The van der Waals surface area contributed by atoms with E-state index in [1.165, 1.54) is 0 Å². The molecule has 3 rings (SSSR count). The lowest BCUT2D eigenvalue weighted by Gasteiger charge is -2.25. The lowest BCUT2D eigenvalue weighted by molar-refractivity contribution is -0.120. The van der Waals surface area contributed by atoms with Gasteiger partial charge in [-0.2, -0.15) is 0 Å². The highest BCUT2D eigenvalue weighted by Crippen LogP contribution is 2.25. The lowest BCUT2D eigenvalue weighted by Crippen LogP contribution is -2.34. The molecule has 3 N–H and O–H groups in total. The number of carbonyl (C=O) groups is 1. The zero-order valence-electron chi connectivity index (χ0n) is 11.4. The van der Waals surface area contributed by atoms with Gasteiger partial charge in [-0.05, 0) is 42.8 Å². The molecule has 0 bridgehead atoms. The van der Waals surface area contributed by atoms with E-state index < -0.39 is 0 Å². The minimum Gasteiger partial charge on any atom is -0.328 e. The summed E-state index contributed by atoms with van der Waals surface area (Å²) < 4.78 is 0. The van der Waals surface area contributed by atoms with Crippen molar-refractivity contribution in [1.82, 2.24) is 4.98 Å². The number of nitrogens with one attached hydrogen (secondary N) is 1. The first-order valence-electron chi connectivity index (χ1n) is 7.12. The first-order chi connectivity index (χ1) is 9.72. The van der Waals surface area contributed by atoms with E-state index >= 15 is 0 Å². The van der Waals surface area contributed by atoms with Crippen molar-refractivity contribution in [2.45, 2.75) is 31.7 Å². The quantitative estimate of drug-likeness (QED) is 0.880. The molecule has 2 atom stereocenters. The second kappa shape index (κ2) is 5.59. The van der Waals surface area contributed by atoms with Crippen LogP contribution >= 0.6 is 0 Å². The van der Waals surface area contributed by atoms with Crippen molar-refractivity contribution in [2.24, 2.45) is 11.7 Å². The van der Waals surface area contributed by atoms with Gasteiger partial charge in [0, 0.05) is 35.4 Å². The zero-order valence-corrected chi connectivity index (χ0v) is 11.4. The smallest absolute Gasteiger partial charge is 0.227 e. The number of hydrogen-bond acceptors (Lipinski definition) is 3. The summed E-state index contributed by atoms with van der Waals surface area (Å²) in [4.78, 5) is 16.4. The maximum Gasteiger partial charge on any atom is 0.227 e. The first-order valence-corrected chi connectivity index (χ1v) is 7.12. The Kier molecular flexibility index (Phi) is 3.65. The van der Waals surface area contributed by atoms with E-state index in [2.05, 4.69) is 10.3 Å². The van der Waals surface area contributed by atoms with Crippen LogP contribution in [0.5, 0.6) is 0 Å². The fourth-order valence-corrected chi connectivity index (χ4v) is 2.87. The molecule has 0 saturated heterocycles. The molecule has 4 heteroatoms. The number of amides is 1. The highest BCUT2D eigenvalue weighted by atomic mass is 16.1. The van der Waals surface area contributed by atoms with Crippen LogP contribution in [0.25, 0.3) is 10.8 Å². The van der Waals surface area contributed by atoms with Crippen LogP contribution in [-0.4, -0.2) is 16.9 Å². The molecular weight excluding hydrogens is 250 g/mol. The van der Waals surface area contributed by atoms with Gasteiger partial charge in [-0.25, -0.2) is 0 Å². The van der Waals surface area contributed by atoms with Crippen LogP contribution in [-0.2, 0) is 4.79 Å². The summed E-state index contributed by atoms with van der Waals surface area (Å²) in [5, 5.41) is 5.17. The number of nitrogens with zero attached hydrogens (tertiary/aromatic N) is 1. The summed E-state index contributed by atoms with van der Waals surface area (Å²) in [5.41, 5.74) is 6.78. The van der Waals surface area contributed by atoms with Crippen LogP contribution in [0.2, 0.25) is 0 Å². The highest BCUT2D eigenvalue weighted by Gasteiger charge is 2.25. The van der Waals surface area contributed by atoms with Crippen LogP contribution in [0.3, 0.4) is 0 Å². The Bertz CT molecular complexity index is 626. The Labute approximate surface area is 118 Å². The van der Waals surface area contributed by atoms with Gasteiger partial charge in [0.25, 0.3) is 0 Å². The van der Waals surface area contributed by atoms with Crippen molar-refractivity contribution in [2.75, 3.05) is 5.32 Å². The van der Waals surface area contributed by atoms with Crippen molar-refractivity contribution in [3.8, 4) is 0 Å². The van der Waals surface area contributed by atoms with E-state index in [1.807, 2.05) is 30.5 Å². The summed E-state index contributed by atoms with van der Waals surface area (Å²) in [5.74, 6) is 0.139. The summed E-state index contributed by atoms with van der Waals surface area (Å²) in [6.45, 7) is 0. The molecule has 0 unspecified atom stereocenters. The Hall–Kier alpha value is -1.94. The van der Waals surface area contributed by atoms with Crippen molar-refractivity contribution >= 4 is 22.4 Å². The van der Waals surface area contributed by atoms with Crippen molar-refractivity contribution < 1.29 is 4.79 Å². The number of anilines is 1. The van der Waals surface area contributed by atoms with Gasteiger partial charge in [0.1, 0.15) is 0 Å². The van der Waals surface area contributed by atoms with Gasteiger partial charge < -0.3 is 11.1 Å². The largest absolute Gasteiger partial charge is 0.328 e. The van der Waals surface area contributed by atoms with Crippen molar-refractivity contribution in [1.29, 1.82) is 0 Å². The van der Waals surface area contributed by atoms with E-state index in [1.54, 1.807) is 6.20 Å². The van der Waals surface area contributed by atoms with Crippen LogP contribution < -0.4 is 11.1 Å². The molecule has 0 aliphatic heterocycles. The molecule has 1 saturated carbocycles. The second-order valence-electron chi connectivity index (χ2n) is 5.55. The van der Waals surface area contributed by atoms with Gasteiger partial charge in [0.15, 0.2) is 0 Å². The molecule has 4 nitrogen and oxygen atoms in total. The number of benzene rings is 1. The summed E-state index contributed by atoms with van der Waals surface area (Å²) in [7, 11) is 0. The maximum absolute atomic E-state index is 12.3. The third kappa shape index (κ3) is 2.80. The Morgan fingerprint density at radius 1 is 1.25 bits per heavy atom. The van der Waals surface area contributed by atoms with Crippen molar-refractivity contribution in [3.63, 3.8) is 0 Å². The standard InChI is InChI=1S/C16H19N3O/c17-14-3-1-2-12(8-14)16(20)19-15-5-4-13-10-18-7-6-11(13)9-15/h4-7,9-10,12,14H,1-3,8,17H2,(H,19,20)/t12-,14+/m1/s1. The monoisotopic (exact) mass is 269 g/mol. The average molecular weight is 269 g/mol. The third-order valence-electron chi connectivity index (χ3n) is 3.99. The Balaban J connectivity index is 1.73. The minimum atomic E-state index is 0.0480. The molecular formula is C16H19N3O. The highest BCUT2D eigenvalue weighted by molar-refractivity contribution is 5.95. The molecule has 1 aromatic carbocycles. The Morgan fingerprint density at radius 3 is 3.00 bits per heavy atom. The predicted molar refractivity (Wildman–Crippen MR) is 80.3 cm³/mol. The maximum atomic E-state index is 12.3. The predicted octanol–water partition coefficient (Wildman–Crippen LogP) is 2.69. The third-order valence-corrected chi connectivity index (χ3v) is 3.99. The lowest BCUT2D eigenvalue weighted by atomic mass is 9.85. The van der Waals surface area contributed by atoms with Crippen LogP contribution in [0.15, 0.2) is 36.7 Å². The molecule has 1 aliphatic rings. The van der Waals surface area contributed by atoms with Crippen LogP contribution in [0.1, 0.15) is 25.7 Å². The van der Waals surface area contributed by atoms with Gasteiger partial charge in [0.05, 0.1) is 0 Å². The van der Waals surface area contributed by atoms with Crippen LogP contribution in [0, 0.1) is 5.92 Å². The molecule has 0 radical (unpaired) electrons. The van der Waals surface area contributed by atoms with Gasteiger partial charge in [-0.15, -0.1) is 0 Å². The minimum absolute atomic E-state index is 0.0480. The topological polar surface area (TPSA) is 68.0 Å². The van der Waals surface area contributed by atoms with Gasteiger partial charge >= 0.3 is 0 Å². The SMILES string of the molecule is N[C@H]1CCC[C@@H](C(=O)Nc2ccc3cnccc3c2)C1. The van der Waals surface area contributed by atoms with E-state index in [4.69, 9.17) is 5.73 Å². The zero-order chi connectivity index (χ0) is 13.9. The number of aromatic nitrogens is 1. The van der Waals surface area contributed by atoms with E-state index in [0.29, 0.717) is 0 Å². The molecule has 1 aromatic heterocycles. The van der Waals surface area contributed by atoms with E-state index in [-0.39, 0.29) is 17.9 Å². The van der Waals surface area contributed by atoms with Crippen molar-refractivity contribution in [3.05, 3.63) is 36.7 Å². The number of hydrogen-bond donors (Lipinski definition) is 2. The van der Waals surface area contributed by atoms with Gasteiger partial charge in [0.2, 0.25) is 5.91 Å². The number of carbonyl (C=O) groups excluding carboxylic acids is 1. The fourth-order valence-electron chi connectivity index (χ4n) is 2.87. The Morgan fingerprint density at radius 2 is 2.15 bits per heavy atom. The number of nitrogens with two attached hydrogens (primary N) is 1. The first kappa shape index (κ1) is 13.1. The summed E-state index contributed by atoms with van der Waals surface area (Å²) in [6.07, 6.45) is 7.39. The molecule has 1 heterocycles. The van der Waals surface area contributed by atoms with E-state index in [0.717, 1.165) is 42.1 Å². The summed E-state index contributed by atoms with van der Waals surface area (Å²) in [6, 6.07) is 8.00. The average Bonchev–Trinajstić information content (AvgIpc) is 2.47. The number of pyridine rings is 1. The molecule has 2 aromatic rings. The normalized spacial score (nSPS) is 22.6. The van der Waals surface area contributed by atoms with Gasteiger partial charge in [-0.3, -0.25) is 9.78 Å². The molecule has 1 fully saturated rings.